The van der Waals surface area contributed by atoms with Crippen molar-refractivity contribution in [3.05, 3.63) is 35.4 Å². The highest BCUT2D eigenvalue weighted by Crippen LogP contribution is 2.28. The molecule has 24 heavy (non-hydrogen) atoms. The summed E-state index contributed by atoms with van der Waals surface area (Å²) in [5.74, 6) is -1.60. The van der Waals surface area contributed by atoms with Gasteiger partial charge in [0.2, 0.25) is 5.91 Å². The fraction of sp³-hybridized carbons (Fsp3) is 0.353. The van der Waals surface area contributed by atoms with Gasteiger partial charge in [-0.15, -0.1) is 0 Å². The monoisotopic (exact) mass is 330 g/mol. The smallest absolute Gasteiger partial charge is 0.304 e. The number of carboxylic acid groups (broad SMARTS) is 1. The molecule has 0 bridgehead atoms. The zero-order valence-electron chi connectivity index (χ0n) is 13.4. The van der Waals surface area contributed by atoms with Gasteiger partial charge in [-0.3, -0.25) is 14.6 Å². The van der Waals surface area contributed by atoms with Crippen LogP contribution in [0.25, 0.3) is 6.08 Å². The molecule has 0 fully saturated rings. The third-order valence-corrected chi connectivity index (χ3v) is 3.78. The van der Waals surface area contributed by atoms with Crippen molar-refractivity contribution in [3.8, 4) is 0 Å². The van der Waals surface area contributed by atoms with Gasteiger partial charge in [-0.2, -0.15) is 0 Å². The number of nitrogens with zero attached hydrogens (tertiary/aromatic N) is 1. The van der Waals surface area contributed by atoms with Crippen LogP contribution in [0.3, 0.4) is 0 Å². The normalized spacial score (nSPS) is 16.5. The van der Waals surface area contributed by atoms with Crippen molar-refractivity contribution in [2.75, 3.05) is 11.9 Å². The number of rotatable bonds is 7. The van der Waals surface area contributed by atoms with Crippen LogP contribution in [0.1, 0.15) is 30.4 Å². The van der Waals surface area contributed by atoms with Gasteiger partial charge in [-0.05, 0) is 36.5 Å². The first-order valence-corrected chi connectivity index (χ1v) is 7.83. The standard InChI is InChI=1S/C17H22N4O3/c18-17(19)20-7-3-1-2-4-11-5-6-12-9-13(10-15(22)23)16(24)21-14(12)8-11/h2,4-6,8,13H,1,3,7,9-10H2,(H,21,24)(H,22,23)(H4,18,19,20). The number of unbranched alkanes of at least 4 members (excludes halogenated alkanes) is 1. The van der Waals surface area contributed by atoms with E-state index in [1.54, 1.807) is 0 Å². The van der Waals surface area contributed by atoms with E-state index in [0.717, 1.165) is 29.7 Å². The lowest BCUT2D eigenvalue weighted by molar-refractivity contribution is -0.140. The van der Waals surface area contributed by atoms with Gasteiger partial charge in [0.05, 0.1) is 12.3 Å². The fourth-order valence-electron chi connectivity index (χ4n) is 2.60. The fourth-order valence-corrected chi connectivity index (χ4v) is 2.60. The largest absolute Gasteiger partial charge is 0.481 e. The van der Waals surface area contributed by atoms with Crippen molar-refractivity contribution in [2.45, 2.75) is 25.7 Å². The summed E-state index contributed by atoms with van der Waals surface area (Å²) in [5.41, 5.74) is 13.2. The van der Waals surface area contributed by atoms with Crippen molar-refractivity contribution < 1.29 is 14.7 Å². The van der Waals surface area contributed by atoms with E-state index in [9.17, 15) is 9.59 Å². The number of allylic oxidation sites excluding steroid dienone is 1. The molecule has 1 aliphatic heterocycles. The Hall–Kier alpha value is -2.83. The van der Waals surface area contributed by atoms with Gasteiger partial charge < -0.3 is 21.9 Å². The minimum absolute atomic E-state index is 0.102. The van der Waals surface area contributed by atoms with Crippen molar-refractivity contribution in [3.63, 3.8) is 0 Å². The summed E-state index contributed by atoms with van der Waals surface area (Å²) >= 11 is 0. The van der Waals surface area contributed by atoms with Gasteiger partial charge in [0, 0.05) is 12.2 Å². The number of hydrogen-bond acceptors (Lipinski definition) is 3. The number of amides is 1. The second kappa shape index (κ2) is 8.14. The minimum Gasteiger partial charge on any atom is -0.481 e. The molecule has 0 saturated carbocycles. The number of carbonyl (C=O) groups excluding carboxylic acids is 1. The predicted octanol–water partition coefficient (Wildman–Crippen LogP) is 1.34. The molecule has 0 spiro atoms. The first-order chi connectivity index (χ1) is 11.5. The van der Waals surface area contributed by atoms with E-state index in [2.05, 4.69) is 10.3 Å². The minimum atomic E-state index is -0.959. The number of hydrogen-bond donors (Lipinski definition) is 4. The highest BCUT2D eigenvalue weighted by molar-refractivity contribution is 5.97. The van der Waals surface area contributed by atoms with Gasteiger partial charge in [-0.25, -0.2) is 0 Å². The van der Waals surface area contributed by atoms with E-state index in [0.29, 0.717) is 13.0 Å². The quantitative estimate of drug-likeness (QED) is 0.340. The number of guanidine groups is 1. The van der Waals surface area contributed by atoms with Crippen molar-refractivity contribution in [2.24, 2.45) is 22.4 Å². The first kappa shape index (κ1) is 17.5. The van der Waals surface area contributed by atoms with Crippen molar-refractivity contribution >= 4 is 29.6 Å². The first-order valence-electron chi connectivity index (χ1n) is 7.83. The van der Waals surface area contributed by atoms with Crippen LogP contribution in [0.15, 0.2) is 29.3 Å². The summed E-state index contributed by atoms with van der Waals surface area (Å²) in [6.07, 6.45) is 6.01. The maximum absolute atomic E-state index is 12.0. The summed E-state index contributed by atoms with van der Waals surface area (Å²) < 4.78 is 0. The average molecular weight is 330 g/mol. The second-order valence-electron chi connectivity index (χ2n) is 5.76. The third kappa shape index (κ3) is 5.12. The van der Waals surface area contributed by atoms with Crippen LogP contribution in [-0.4, -0.2) is 29.5 Å². The number of carbonyl (C=O) groups is 2. The molecule has 1 aromatic rings. The molecule has 6 N–H and O–H groups in total. The van der Waals surface area contributed by atoms with Gasteiger partial charge in [0.15, 0.2) is 5.96 Å². The van der Waals surface area contributed by atoms with Crippen LogP contribution < -0.4 is 16.8 Å². The molecule has 1 heterocycles. The molecule has 1 aromatic carbocycles. The predicted molar refractivity (Wildman–Crippen MR) is 93.5 cm³/mol. The molecule has 0 saturated heterocycles. The zero-order chi connectivity index (χ0) is 17.5. The van der Waals surface area contributed by atoms with Crippen LogP contribution >= 0.6 is 0 Å². The van der Waals surface area contributed by atoms with Gasteiger partial charge >= 0.3 is 5.97 Å². The van der Waals surface area contributed by atoms with Crippen LogP contribution in [0.5, 0.6) is 0 Å². The Bertz CT molecular complexity index is 678. The third-order valence-electron chi connectivity index (χ3n) is 3.78. The maximum Gasteiger partial charge on any atom is 0.304 e. The van der Waals surface area contributed by atoms with Crippen LogP contribution in [0.2, 0.25) is 0 Å². The number of benzene rings is 1. The molecule has 7 nitrogen and oxygen atoms in total. The molecule has 1 aliphatic rings. The molecular formula is C17H22N4O3. The highest BCUT2D eigenvalue weighted by atomic mass is 16.4. The molecule has 1 unspecified atom stereocenters. The molecule has 1 amide bonds. The molecule has 1 atom stereocenters. The summed E-state index contributed by atoms with van der Waals surface area (Å²) in [4.78, 5) is 26.7. The van der Waals surface area contributed by atoms with E-state index in [1.165, 1.54) is 0 Å². The van der Waals surface area contributed by atoms with E-state index >= 15 is 0 Å². The lowest BCUT2D eigenvalue weighted by atomic mass is 9.90. The van der Waals surface area contributed by atoms with E-state index in [1.807, 2.05) is 30.4 Å². The van der Waals surface area contributed by atoms with E-state index in [4.69, 9.17) is 16.6 Å². The summed E-state index contributed by atoms with van der Waals surface area (Å²) in [6.45, 7) is 0.595. The molecule has 128 valence electrons. The van der Waals surface area contributed by atoms with E-state index in [-0.39, 0.29) is 18.3 Å². The molecule has 0 aromatic heterocycles. The number of carboxylic acids is 1. The summed E-state index contributed by atoms with van der Waals surface area (Å²) in [7, 11) is 0. The molecule has 7 heteroatoms. The number of nitrogens with two attached hydrogens (primary N) is 2. The molecule has 2 rings (SSSR count). The maximum atomic E-state index is 12.0. The molecule has 0 aliphatic carbocycles. The molecule has 0 radical (unpaired) electrons. The SMILES string of the molecule is NC(N)=NCCCC=Cc1ccc2c(c1)NC(=O)C(CC(=O)O)C2. The van der Waals surface area contributed by atoms with Gasteiger partial charge in [-0.1, -0.05) is 24.3 Å². The van der Waals surface area contributed by atoms with Gasteiger partial charge in [0.1, 0.15) is 0 Å². The van der Waals surface area contributed by atoms with E-state index < -0.39 is 11.9 Å². The van der Waals surface area contributed by atoms with Gasteiger partial charge in [0.25, 0.3) is 0 Å². The number of anilines is 1. The Kier molecular flexibility index (Phi) is 5.95. The highest BCUT2D eigenvalue weighted by Gasteiger charge is 2.27. The Morgan fingerprint density at radius 1 is 1.42 bits per heavy atom. The summed E-state index contributed by atoms with van der Waals surface area (Å²) in [5, 5.41) is 11.7. The number of nitrogens with one attached hydrogen (secondary N) is 1. The molecular weight excluding hydrogens is 308 g/mol. The number of aliphatic carboxylic acids is 1. The average Bonchev–Trinajstić information content (AvgIpc) is 2.51. The zero-order valence-corrected chi connectivity index (χ0v) is 13.4. The summed E-state index contributed by atoms with van der Waals surface area (Å²) in [6, 6.07) is 5.79. The number of aliphatic imine (C=N–C) groups is 1. The van der Waals surface area contributed by atoms with Crippen LogP contribution in [-0.2, 0) is 16.0 Å². The Balaban J connectivity index is 1.95. The number of fused-ring (bicyclic) bond motifs is 1. The van der Waals surface area contributed by atoms with Crippen LogP contribution in [0.4, 0.5) is 5.69 Å². The van der Waals surface area contributed by atoms with Crippen LogP contribution in [0, 0.1) is 5.92 Å². The second-order valence-corrected chi connectivity index (χ2v) is 5.76. The van der Waals surface area contributed by atoms with Crippen molar-refractivity contribution in [1.82, 2.24) is 0 Å². The Morgan fingerprint density at radius 2 is 2.21 bits per heavy atom. The Labute approximate surface area is 140 Å². The Morgan fingerprint density at radius 3 is 2.92 bits per heavy atom. The topological polar surface area (TPSA) is 131 Å². The lowest BCUT2D eigenvalue weighted by Crippen LogP contribution is -2.31. The van der Waals surface area contributed by atoms with Crippen molar-refractivity contribution in [1.29, 1.82) is 0 Å². The lowest BCUT2D eigenvalue weighted by Gasteiger charge is -2.23.